The first-order chi connectivity index (χ1) is 14.7. The molecule has 1 aliphatic heterocycles. The van der Waals surface area contributed by atoms with Crippen LogP contribution in [0.15, 0.2) is 42.5 Å². The van der Waals surface area contributed by atoms with E-state index in [2.05, 4.69) is 5.32 Å². The minimum absolute atomic E-state index is 0.00992. The Morgan fingerprint density at radius 1 is 1.00 bits per heavy atom. The Bertz CT molecular complexity index is 999. The van der Waals surface area contributed by atoms with E-state index in [1.54, 1.807) is 12.1 Å². The van der Waals surface area contributed by atoms with Gasteiger partial charge in [0.15, 0.2) is 6.61 Å². The fourth-order valence-corrected chi connectivity index (χ4v) is 3.83. The smallest absolute Gasteiger partial charge is 0.329 e. The number of amides is 3. The number of halogens is 2. The molecule has 31 heavy (non-hydrogen) atoms. The van der Waals surface area contributed by atoms with Crippen LogP contribution in [0.5, 0.6) is 0 Å². The molecule has 0 spiro atoms. The van der Waals surface area contributed by atoms with Crippen molar-refractivity contribution in [1.29, 1.82) is 0 Å². The van der Waals surface area contributed by atoms with Crippen molar-refractivity contribution in [2.24, 2.45) is 5.92 Å². The number of nitrogens with one attached hydrogen (secondary N) is 1. The lowest BCUT2D eigenvalue weighted by atomic mass is 10.0. The highest BCUT2D eigenvalue weighted by atomic mass is 35.5. The molecule has 1 atom stereocenters. The van der Waals surface area contributed by atoms with Gasteiger partial charge < -0.3 is 10.1 Å². The van der Waals surface area contributed by atoms with Crippen LogP contribution >= 0.6 is 23.2 Å². The molecular weight excluding hydrogens is 443 g/mol. The van der Waals surface area contributed by atoms with Crippen molar-refractivity contribution < 1.29 is 23.9 Å². The van der Waals surface area contributed by atoms with Gasteiger partial charge in [-0.15, -0.1) is 0 Å². The van der Waals surface area contributed by atoms with Gasteiger partial charge in [0.2, 0.25) is 0 Å². The standard InChI is InChI=1S/C22H20Cl2N2O5/c1-12(2)7-18(26-20(28)16-5-3-4-6-17(16)21(26)29)22(30)31-11-19(27)25-15-9-13(23)8-14(24)10-15/h3-6,8-10,12,18H,7,11H2,1-2H3,(H,25,27). The average molecular weight is 463 g/mol. The van der Waals surface area contributed by atoms with Crippen molar-refractivity contribution in [1.82, 2.24) is 4.90 Å². The SMILES string of the molecule is CC(C)CC(C(=O)OCC(=O)Nc1cc(Cl)cc(Cl)c1)N1C(=O)c2ccccc2C1=O. The number of rotatable bonds is 7. The van der Waals surface area contributed by atoms with Crippen LogP contribution in [0.3, 0.4) is 0 Å². The Morgan fingerprint density at radius 2 is 1.55 bits per heavy atom. The monoisotopic (exact) mass is 462 g/mol. The Morgan fingerprint density at radius 3 is 2.06 bits per heavy atom. The van der Waals surface area contributed by atoms with Gasteiger partial charge in [-0.1, -0.05) is 49.2 Å². The summed E-state index contributed by atoms with van der Waals surface area (Å²) in [6.07, 6.45) is 0.204. The molecule has 7 nitrogen and oxygen atoms in total. The van der Waals surface area contributed by atoms with Crippen molar-refractivity contribution in [2.75, 3.05) is 11.9 Å². The summed E-state index contributed by atoms with van der Waals surface area (Å²) in [5.41, 5.74) is 0.826. The first kappa shape index (κ1) is 22.8. The molecule has 0 aliphatic carbocycles. The zero-order chi connectivity index (χ0) is 22.7. The van der Waals surface area contributed by atoms with E-state index in [0.717, 1.165) is 4.90 Å². The van der Waals surface area contributed by atoms with E-state index in [9.17, 15) is 19.2 Å². The van der Waals surface area contributed by atoms with Crippen LogP contribution in [0.1, 0.15) is 41.0 Å². The molecule has 2 aromatic rings. The number of nitrogens with zero attached hydrogens (tertiary/aromatic N) is 1. The van der Waals surface area contributed by atoms with E-state index in [0.29, 0.717) is 15.7 Å². The second-order valence-corrected chi connectivity index (χ2v) is 8.36. The minimum atomic E-state index is -1.14. The largest absolute Gasteiger partial charge is 0.454 e. The van der Waals surface area contributed by atoms with Crippen LogP contribution in [0, 0.1) is 5.92 Å². The van der Waals surface area contributed by atoms with Gasteiger partial charge in [-0.2, -0.15) is 0 Å². The van der Waals surface area contributed by atoms with Gasteiger partial charge in [0.05, 0.1) is 11.1 Å². The van der Waals surface area contributed by atoms with Gasteiger partial charge >= 0.3 is 5.97 Å². The predicted molar refractivity (Wildman–Crippen MR) is 116 cm³/mol. The highest BCUT2D eigenvalue weighted by molar-refractivity contribution is 6.35. The molecule has 0 fully saturated rings. The van der Waals surface area contributed by atoms with Crippen molar-refractivity contribution in [2.45, 2.75) is 26.3 Å². The molecule has 0 bridgehead atoms. The summed E-state index contributed by atoms with van der Waals surface area (Å²) in [6, 6.07) is 9.73. The maximum absolute atomic E-state index is 12.8. The maximum Gasteiger partial charge on any atom is 0.329 e. The number of anilines is 1. The number of ether oxygens (including phenoxy) is 1. The Labute approximate surface area is 189 Å². The lowest BCUT2D eigenvalue weighted by Crippen LogP contribution is -2.46. The van der Waals surface area contributed by atoms with Crippen LogP contribution in [0.2, 0.25) is 10.0 Å². The summed E-state index contributed by atoms with van der Waals surface area (Å²) in [6.45, 7) is 3.11. The predicted octanol–water partition coefficient (Wildman–Crippen LogP) is 4.19. The van der Waals surface area contributed by atoms with E-state index < -0.39 is 36.3 Å². The van der Waals surface area contributed by atoms with E-state index in [1.807, 2.05) is 13.8 Å². The van der Waals surface area contributed by atoms with Crippen LogP contribution in [-0.4, -0.2) is 41.2 Å². The number of imide groups is 1. The molecule has 1 aliphatic rings. The topological polar surface area (TPSA) is 92.8 Å². The molecule has 0 saturated heterocycles. The first-order valence-electron chi connectivity index (χ1n) is 9.57. The second-order valence-electron chi connectivity index (χ2n) is 7.49. The lowest BCUT2D eigenvalue weighted by molar-refractivity contribution is -0.151. The molecule has 0 aromatic heterocycles. The van der Waals surface area contributed by atoms with Gasteiger partial charge in [-0.3, -0.25) is 19.3 Å². The Kier molecular flexibility index (Phi) is 6.97. The third-order valence-electron chi connectivity index (χ3n) is 4.60. The molecule has 3 amide bonds. The number of carbonyl (C=O) groups excluding carboxylic acids is 4. The molecule has 1 unspecified atom stereocenters. The first-order valence-corrected chi connectivity index (χ1v) is 10.3. The van der Waals surface area contributed by atoms with Gasteiger partial charge in [-0.05, 0) is 42.7 Å². The molecule has 162 valence electrons. The molecule has 0 radical (unpaired) electrons. The zero-order valence-corrected chi connectivity index (χ0v) is 18.4. The third-order valence-corrected chi connectivity index (χ3v) is 5.03. The summed E-state index contributed by atoms with van der Waals surface area (Å²) in [7, 11) is 0. The molecular formula is C22H20Cl2N2O5. The van der Waals surface area contributed by atoms with E-state index in [4.69, 9.17) is 27.9 Å². The van der Waals surface area contributed by atoms with Crippen molar-refractivity contribution >= 4 is 52.6 Å². The van der Waals surface area contributed by atoms with Crippen molar-refractivity contribution in [3.8, 4) is 0 Å². The number of benzene rings is 2. The lowest BCUT2D eigenvalue weighted by Gasteiger charge is -2.25. The van der Waals surface area contributed by atoms with Crippen molar-refractivity contribution in [3.05, 3.63) is 63.6 Å². The van der Waals surface area contributed by atoms with Crippen LogP contribution < -0.4 is 5.32 Å². The third kappa shape index (κ3) is 5.24. The summed E-state index contributed by atoms with van der Waals surface area (Å²) >= 11 is 11.8. The highest BCUT2D eigenvalue weighted by Crippen LogP contribution is 2.27. The van der Waals surface area contributed by atoms with Gasteiger partial charge in [0.25, 0.3) is 17.7 Å². The zero-order valence-electron chi connectivity index (χ0n) is 16.9. The van der Waals surface area contributed by atoms with Gasteiger partial charge in [-0.25, -0.2) is 4.79 Å². The Hall–Kier alpha value is -2.90. The summed E-state index contributed by atoms with van der Waals surface area (Å²) < 4.78 is 5.14. The highest BCUT2D eigenvalue weighted by Gasteiger charge is 2.43. The van der Waals surface area contributed by atoms with Crippen LogP contribution in [0.4, 0.5) is 5.69 Å². The molecule has 2 aromatic carbocycles. The molecule has 9 heteroatoms. The number of esters is 1. The molecule has 0 saturated carbocycles. The summed E-state index contributed by atoms with van der Waals surface area (Å²) in [5.74, 6) is -2.56. The van der Waals surface area contributed by atoms with Crippen LogP contribution in [0.25, 0.3) is 0 Å². The fraction of sp³-hybridized carbons (Fsp3) is 0.273. The summed E-state index contributed by atoms with van der Waals surface area (Å²) in [4.78, 5) is 51.4. The molecule has 1 heterocycles. The van der Waals surface area contributed by atoms with Crippen LogP contribution in [-0.2, 0) is 14.3 Å². The van der Waals surface area contributed by atoms with Crippen molar-refractivity contribution in [3.63, 3.8) is 0 Å². The Balaban J connectivity index is 1.70. The number of carbonyl (C=O) groups is 4. The minimum Gasteiger partial charge on any atom is -0.454 e. The number of fused-ring (bicyclic) bond motifs is 1. The van der Waals surface area contributed by atoms with E-state index >= 15 is 0 Å². The number of hydrogen-bond acceptors (Lipinski definition) is 5. The van der Waals surface area contributed by atoms with Gasteiger partial charge in [0.1, 0.15) is 6.04 Å². The quantitative estimate of drug-likeness (QED) is 0.491. The van der Waals surface area contributed by atoms with E-state index in [-0.39, 0.29) is 23.5 Å². The molecule has 1 N–H and O–H groups in total. The molecule has 3 rings (SSSR count). The number of hydrogen-bond donors (Lipinski definition) is 1. The van der Waals surface area contributed by atoms with Gasteiger partial charge in [0, 0.05) is 15.7 Å². The maximum atomic E-state index is 12.8. The normalized spacial score (nSPS) is 13.9. The summed E-state index contributed by atoms with van der Waals surface area (Å²) in [5, 5.41) is 3.20. The van der Waals surface area contributed by atoms with E-state index in [1.165, 1.54) is 30.3 Å². The average Bonchev–Trinajstić information content (AvgIpc) is 2.94. The fourth-order valence-electron chi connectivity index (χ4n) is 3.30. The second kappa shape index (κ2) is 9.49.